The molecule has 0 spiro atoms. The molecule has 19 heteroatoms. The molecule has 0 atom stereocenters. The summed E-state index contributed by atoms with van der Waals surface area (Å²) in [4.78, 5) is 54.9. The quantitative estimate of drug-likeness (QED) is 0.0880. The summed E-state index contributed by atoms with van der Waals surface area (Å²) in [5.41, 5.74) is 3.12. The van der Waals surface area contributed by atoms with Gasteiger partial charge in [0, 0.05) is 71.9 Å². The smallest absolute Gasteiger partial charge is 0.478 e. The molecule has 2 aromatic heterocycles. The maximum absolute atomic E-state index is 13.1. The van der Waals surface area contributed by atoms with Crippen LogP contribution in [-0.2, 0) is 12.4 Å². The first-order valence-corrected chi connectivity index (χ1v) is 22.9. The molecule has 370 valence electrons. The predicted molar refractivity (Wildman–Crippen MR) is 253 cm³/mol. The lowest BCUT2D eigenvalue weighted by atomic mass is 9.88. The first-order chi connectivity index (χ1) is 33.6. The zero-order chi connectivity index (χ0) is 51.2. The van der Waals surface area contributed by atoms with Gasteiger partial charge >= 0.3 is 12.4 Å². The van der Waals surface area contributed by atoms with Crippen LogP contribution in [0.4, 0.5) is 37.7 Å². The summed E-state index contributed by atoms with van der Waals surface area (Å²) in [7, 11) is 0. The van der Waals surface area contributed by atoms with Crippen molar-refractivity contribution in [1.82, 2.24) is 9.80 Å². The minimum Gasteiger partial charge on any atom is -0.619 e. The number of carbonyl (C=O) groups excluding carboxylic acids is 4. The molecule has 2 fully saturated rings. The lowest BCUT2D eigenvalue weighted by molar-refractivity contribution is -0.629. The first-order valence-electron chi connectivity index (χ1n) is 22.5. The Labute approximate surface area is 409 Å². The van der Waals surface area contributed by atoms with Crippen molar-refractivity contribution in [2.75, 3.05) is 36.8 Å². The van der Waals surface area contributed by atoms with Crippen LogP contribution in [0, 0.1) is 24.3 Å². The number of nitrogens with one attached hydrogen (secondary N) is 2. The maximum atomic E-state index is 13.1. The van der Waals surface area contributed by atoms with Crippen molar-refractivity contribution in [3.05, 3.63) is 199 Å². The SMILES string of the molecule is Cc1ccc(C(=O)N2CCC(c3ccc(C(F)(F)F)cc3)CC2)cc1NC(=O)c1cc[n+]([O-])cc1.Cc1ccc(C(=O)N2CCC(c3ccc(Cl)cc3)CC2)cc1NC(=O)c1ccc(C(F)(F)F)[n+]([O-])c1. The summed E-state index contributed by atoms with van der Waals surface area (Å²) in [6, 6.07) is 27.3. The van der Waals surface area contributed by atoms with E-state index in [0.29, 0.717) is 101 Å². The molecule has 4 amide bonds. The third kappa shape index (κ3) is 12.8. The Morgan fingerprint density at radius 1 is 0.563 bits per heavy atom. The zero-order valence-corrected chi connectivity index (χ0v) is 39.1. The Kier molecular flexibility index (Phi) is 15.7. The maximum Gasteiger partial charge on any atom is 0.478 e. The van der Waals surface area contributed by atoms with E-state index in [4.69, 9.17) is 11.6 Å². The van der Waals surface area contributed by atoms with E-state index in [-0.39, 0.29) is 28.0 Å². The van der Waals surface area contributed by atoms with Crippen LogP contribution in [0.25, 0.3) is 0 Å². The number of anilines is 2. The average molecular weight is 1000 g/mol. The highest BCUT2D eigenvalue weighted by Gasteiger charge is 2.40. The van der Waals surface area contributed by atoms with Crippen LogP contribution in [-0.4, -0.2) is 59.6 Å². The molecular weight excluding hydrogens is 954 g/mol. The van der Waals surface area contributed by atoms with Crippen LogP contribution in [0.3, 0.4) is 0 Å². The molecule has 0 saturated carbocycles. The van der Waals surface area contributed by atoms with Crippen molar-refractivity contribution in [3.8, 4) is 0 Å². The van der Waals surface area contributed by atoms with Crippen LogP contribution in [0.15, 0.2) is 128 Å². The topological polar surface area (TPSA) is 153 Å². The predicted octanol–water partition coefficient (Wildman–Crippen LogP) is 10.5. The third-order valence-electron chi connectivity index (χ3n) is 12.6. The first kappa shape index (κ1) is 51.4. The van der Waals surface area contributed by atoms with E-state index in [2.05, 4.69) is 10.6 Å². The molecule has 2 aliphatic rings. The number of carbonyl (C=O) groups is 4. The number of aryl methyl sites for hydroxylation is 2. The molecule has 2 N–H and O–H groups in total. The fraction of sp³-hybridized carbons (Fsp3) is 0.269. The van der Waals surface area contributed by atoms with Gasteiger partial charge in [-0.3, -0.25) is 19.2 Å². The fourth-order valence-electron chi connectivity index (χ4n) is 8.44. The Hall–Kier alpha value is -7.47. The number of nitrogens with zero attached hydrogens (tertiary/aromatic N) is 4. The van der Waals surface area contributed by atoms with E-state index < -0.39 is 35.4 Å². The van der Waals surface area contributed by atoms with Gasteiger partial charge in [0.15, 0.2) is 18.6 Å². The van der Waals surface area contributed by atoms with Gasteiger partial charge in [0.2, 0.25) is 0 Å². The second kappa shape index (κ2) is 21.7. The van der Waals surface area contributed by atoms with Crippen molar-refractivity contribution in [3.63, 3.8) is 0 Å². The largest absolute Gasteiger partial charge is 0.619 e. The van der Waals surface area contributed by atoms with E-state index >= 15 is 0 Å². The molecule has 0 radical (unpaired) electrons. The summed E-state index contributed by atoms with van der Waals surface area (Å²) in [6.45, 7) is 5.67. The number of benzene rings is 4. The van der Waals surface area contributed by atoms with Gasteiger partial charge in [0.05, 0.1) is 11.1 Å². The summed E-state index contributed by atoms with van der Waals surface area (Å²) in [5, 5.41) is 29.0. The lowest BCUT2D eigenvalue weighted by Crippen LogP contribution is -2.38. The molecule has 71 heavy (non-hydrogen) atoms. The average Bonchev–Trinajstić information content (AvgIpc) is 3.35. The van der Waals surface area contributed by atoms with Crippen molar-refractivity contribution in [2.24, 2.45) is 0 Å². The van der Waals surface area contributed by atoms with Gasteiger partial charge in [0.1, 0.15) is 5.56 Å². The molecule has 4 heterocycles. The van der Waals surface area contributed by atoms with E-state index in [1.54, 1.807) is 47.1 Å². The standard InChI is InChI=1S/C26H23ClF3N3O3.C26H24F3N3O3/c1-16-2-3-19(25(35)32-12-10-18(11-13-32)17-4-7-21(27)8-5-17)14-22(16)31-24(34)20-6-9-23(26(28,29)30)33(36)15-20;1-17-2-3-21(16-23(17)30-24(33)20-10-14-32(35)15-11-20)25(34)31-12-8-19(9-13-31)18-4-6-22(7-5-18)26(27,28)29/h2-9,14-15,18H,10-13H2,1H3,(H,31,34);2-7,10-11,14-16,19H,8-9,12-13H2,1H3,(H,30,33). The fourth-order valence-corrected chi connectivity index (χ4v) is 8.57. The highest BCUT2D eigenvalue weighted by molar-refractivity contribution is 6.30. The van der Waals surface area contributed by atoms with Gasteiger partial charge in [-0.1, -0.05) is 48.0 Å². The van der Waals surface area contributed by atoms with Crippen LogP contribution in [0.2, 0.25) is 5.02 Å². The van der Waals surface area contributed by atoms with E-state index in [1.165, 1.54) is 48.3 Å². The van der Waals surface area contributed by atoms with Gasteiger partial charge < -0.3 is 30.8 Å². The highest BCUT2D eigenvalue weighted by atomic mass is 35.5. The Morgan fingerprint density at radius 2 is 0.986 bits per heavy atom. The number of rotatable bonds is 8. The molecule has 0 bridgehead atoms. The minimum absolute atomic E-state index is 0.0906. The molecule has 12 nitrogen and oxygen atoms in total. The molecule has 2 saturated heterocycles. The minimum atomic E-state index is -4.83. The number of halogens is 7. The van der Waals surface area contributed by atoms with Crippen LogP contribution >= 0.6 is 11.6 Å². The molecule has 0 aliphatic carbocycles. The van der Waals surface area contributed by atoms with Crippen molar-refractivity contribution >= 4 is 46.6 Å². The Bertz CT molecular complexity index is 2900. The van der Waals surface area contributed by atoms with Crippen LogP contribution < -0.4 is 20.1 Å². The number of aromatic nitrogens is 2. The number of alkyl halides is 6. The Morgan fingerprint density at radius 3 is 1.41 bits per heavy atom. The van der Waals surface area contributed by atoms with Crippen LogP contribution in [0.1, 0.15) is 112 Å². The second-order valence-corrected chi connectivity index (χ2v) is 17.8. The number of hydrogen-bond donors (Lipinski definition) is 2. The van der Waals surface area contributed by atoms with Crippen molar-refractivity contribution in [1.29, 1.82) is 0 Å². The number of likely N-dealkylation sites (tertiary alicyclic amines) is 2. The second-order valence-electron chi connectivity index (χ2n) is 17.3. The van der Waals surface area contributed by atoms with E-state index in [1.807, 2.05) is 31.2 Å². The van der Waals surface area contributed by atoms with Gasteiger partial charge in [-0.25, -0.2) is 0 Å². The van der Waals surface area contributed by atoms with Gasteiger partial charge in [-0.2, -0.15) is 35.8 Å². The molecule has 8 rings (SSSR count). The summed E-state index contributed by atoms with van der Waals surface area (Å²) >= 11 is 5.97. The van der Waals surface area contributed by atoms with Crippen molar-refractivity contribution < 1.29 is 55.0 Å². The summed E-state index contributed by atoms with van der Waals surface area (Å²) in [6.07, 6.45) is -3.22. The molecular formula is C52H47ClF6N6O6. The molecule has 4 aromatic carbocycles. The normalized spacial score (nSPS) is 14.5. The number of piperidine rings is 2. The summed E-state index contributed by atoms with van der Waals surface area (Å²) < 4.78 is 77.1. The molecule has 6 aromatic rings. The van der Waals surface area contributed by atoms with E-state index in [9.17, 15) is 55.9 Å². The molecule has 2 aliphatic heterocycles. The highest BCUT2D eigenvalue weighted by Crippen LogP contribution is 2.34. The summed E-state index contributed by atoms with van der Waals surface area (Å²) in [5.74, 6) is -1.06. The third-order valence-corrected chi connectivity index (χ3v) is 12.9. The number of hydrogen-bond acceptors (Lipinski definition) is 6. The van der Waals surface area contributed by atoms with Gasteiger partial charge in [0.25, 0.3) is 29.3 Å². The van der Waals surface area contributed by atoms with Crippen molar-refractivity contribution in [2.45, 2.75) is 63.7 Å². The van der Waals surface area contributed by atoms with Gasteiger partial charge in [-0.05, 0) is 128 Å². The number of pyridine rings is 2. The van der Waals surface area contributed by atoms with E-state index in [0.717, 1.165) is 42.2 Å². The lowest BCUT2D eigenvalue weighted by Gasteiger charge is -2.32. The van der Waals surface area contributed by atoms with Crippen LogP contribution in [0.5, 0.6) is 0 Å². The molecule has 0 unspecified atom stereocenters. The van der Waals surface area contributed by atoms with Gasteiger partial charge in [-0.15, -0.1) is 0 Å². The number of amides is 4. The zero-order valence-electron chi connectivity index (χ0n) is 38.3. The Balaban J connectivity index is 0.000000209. The monoisotopic (exact) mass is 1000 g/mol.